The molecule has 0 spiro atoms. The number of unbranched alkanes of at least 4 members (excludes halogenated alkanes) is 2. The summed E-state index contributed by atoms with van der Waals surface area (Å²) in [6.45, 7) is 11.6. The van der Waals surface area contributed by atoms with Crippen molar-refractivity contribution in [1.29, 1.82) is 0 Å². The zero-order valence-corrected chi connectivity index (χ0v) is 43.5. The monoisotopic (exact) mass is 1010 g/mol. The van der Waals surface area contributed by atoms with Crippen LogP contribution in [0, 0.1) is 18.8 Å². The van der Waals surface area contributed by atoms with Crippen LogP contribution in [-0.2, 0) is 40.4 Å². The van der Waals surface area contributed by atoms with Gasteiger partial charge in [-0.15, -0.1) is 0 Å². The minimum Gasteiger partial charge on any atom is -0.428 e. The number of Topliss-reactive ketones (excluding diaryl/α,β-unsaturated/α-hetero) is 2. The van der Waals surface area contributed by atoms with Gasteiger partial charge < -0.3 is 30.1 Å². The highest BCUT2D eigenvalue weighted by Gasteiger charge is 2.37. The van der Waals surface area contributed by atoms with E-state index in [0.29, 0.717) is 51.2 Å². The van der Waals surface area contributed by atoms with Gasteiger partial charge in [0.05, 0.1) is 18.4 Å². The molecule has 0 radical (unpaired) electrons. The van der Waals surface area contributed by atoms with Crippen LogP contribution in [0.15, 0.2) is 84.9 Å². The van der Waals surface area contributed by atoms with Crippen LogP contribution >= 0.6 is 11.6 Å². The van der Waals surface area contributed by atoms with Gasteiger partial charge in [-0.3, -0.25) is 24.0 Å². The highest BCUT2D eigenvalue weighted by molar-refractivity contribution is 7.88. The minimum absolute atomic E-state index is 0.0532. The number of aryl methyl sites for hydroxylation is 1. The van der Waals surface area contributed by atoms with Crippen molar-refractivity contribution in [3.05, 3.63) is 112 Å². The topological polar surface area (TPSA) is 215 Å². The third-order valence-corrected chi connectivity index (χ3v) is 13.3. The van der Waals surface area contributed by atoms with Crippen LogP contribution in [0.4, 0.5) is 4.79 Å². The summed E-state index contributed by atoms with van der Waals surface area (Å²) in [5, 5.41) is 16.8. The molecule has 17 heteroatoms. The Morgan fingerprint density at radius 2 is 1.56 bits per heavy atom. The van der Waals surface area contributed by atoms with Crippen LogP contribution in [0.3, 0.4) is 0 Å². The van der Waals surface area contributed by atoms with E-state index in [-0.39, 0.29) is 37.3 Å². The van der Waals surface area contributed by atoms with Crippen molar-refractivity contribution < 1.29 is 51.8 Å². The largest absolute Gasteiger partial charge is 0.514 e. The second-order valence-corrected chi connectivity index (χ2v) is 21.8. The lowest BCUT2D eigenvalue weighted by atomic mass is 9.87. The van der Waals surface area contributed by atoms with Crippen LogP contribution in [0.2, 0.25) is 5.02 Å². The summed E-state index contributed by atoms with van der Waals surface area (Å²) >= 11 is 6.09. The zero-order valence-electron chi connectivity index (χ0n) is 42.0. The first-order valence-electron chi connectivity index (χ1n) is 23.9. The van der Waals surface area contributed by atoms with E-state index < -0.39 is 81.3 Å². The molecule has 71 heavy (non-hydrogen) atoms. The number of halogens is 1. The van der Waals surface area contributed by atoms with Crippen LogP contribution in [-0.4, -0.2) is 97.5 Å². The molecule has 0 aromatic heterocycles. The number of aliphatic hydroxyl groups is 1. The maximum atomic E-state index is 15.0. The van der Waals surface area contributed by atoms with Gasteiger partial charge in [-0.25, -0.2) is 17.9 Å². The van der Waals surface area contributed by atoms with Gasteiger partial charge in [-0.05, 0) is 98.7 Å². The average Bonchev–Trinajstić information content (AvgIpc) is 3.30. The quantitative estimate of drug-likeness (QED) is 0.0342. The molecule has 4 bridgehead atoms. The van der Waals surface area contributed by atoms with Gasteiger partial charge in [0.2, 0.25) is 27.7 Å². The lowest BCUT2D eigenvalue weighted by Crippen LogP contribution is -2.54. The highest BCUT2D eigenvalue weighted by Crippen LogP contribution is 2.39. The van der Waals surface area contributed by atoms with E-state index in [4.69, 9.17) is 21.1 Å². The van der Waals surface area contributed by atoms with E-state index in [1.165, 1.54) is 31.9 Å². The second kappa shape index (κ2) is 24.5. The van der Waals surface area contributed by atoms with Gasteiger partial charge in [-0.2, -0.15) is 0 Å². The standard InChI is InChI=1S/C54H67ClN4O11S/c1-10-11-12-13-40(30-45(60)38-18-16-36(17-19-38)37-20-23-41(55)24-21-37)52(65)59(8)49-39-22-25-48(69-53(66)70-54(5,6)7)43(29-39)42-27-35(15-14-32(42)2)28-44(58-50(63)33(3)26-46(49)61)51(64)57-34(4)47(62)31-56-71(9,67)68/h14-25,27,29,33-34,40,44,47,49,56,62H,10-13,26,28,30-31H2,1-9H3,(H,57,64)(H,58,63)/t33-,34+,40-,44+,47?,49+/m1/s1. The van der Waals surface area contributed by atoms with Gasteiger partial charge in [0.15, 0.2) is 11.6 Å². The first kappa shape index (κ1) is 56.0. The molecular formula is C54H67ClN4O11S. The minimum atomic E-state index is -3.65. The van der Waals surface area contributed by atoms with E-state index in [2.05, 4.69) is 15.4 Å². The number of benzene rings is 4. The summed E-state index contributed by atoms with van der Waals surface area (Å²) in [7, 11) is -2.14. The number of carbonyl (C=O) groups is 6. The van der Waals surface area contributed by atoms with E-state index in [0.717, 1.165) is 30.2 Å². The Kier molecular flexibility index (Phi) is 19.3. The molecule has 6 atom stereocenters. The van der Waals surface area contributed by atoms with Gasteiger partial charge in [0.1, 0.15) is 23.4 Å². The molecule has 5 rings (SSSR count). The van der Waals surface area contributed by atoms with Crippen molar-refractivity contribution >= 4 is 57.1 Å². The molecule has 1 aliphatic heterocycles. The summed E-state index contributed by atoms with van der Waals surface area (Å²) in [4.78, 5) is 86.5. The van der Waals surface area contributed by atoms with Crippen molar-refractivity contribution in [3.8, 4) is 28.0 Å². The number of likely N-dealkylation sites (N-methyl/N-ethyl adjacent to an activating group) is 1. The fraction of sp³-hybridized carbons (Fsp3) is 0.444. The molecule has 1 heterocycles. The first-order chi connectivity index (χ1) is 33.3. The summed E-state index contributed by atoms with van der Waals surface area (Å²) < 4.78 is 37.0. The van der Waals surface area contributed by atoms with Crippen LogP contribution in [0.5, 0.6) is 5.75 Å². The Labute approximate surface area is 422 Å². The number of hydrogen-bond acceptors (Lipinski definition) is 11. The maximum absolute atomic E-state index is 15.0. The Bertz CT molecular complexity index is 2690. The van der Waals surface area contributed by atoms with Crippen molar-refractivity contribution in [2.75, 3.05) is 19.8 Å². The third-order valence-electron chi connectivity index (χ3n) is 12.4. The molecule has 382 valence electrons. The Morgan fingerprint density at radius 1 is 0.915 bits per heavy atom. The molecular weight excluding hydrogens is 948 g/mol. The number of nitrogens with one attached hydrogen (secondary N) is 3. The summed E-state index contributed by atoms with van der Waals surface area (Å²) in [5.41, 5.74) is 3.90. The molecule has 4 aromatic rings. The van der Waals surface area contributed by atoms with E-state index in [1.54, 1.807) is 75.4 Å². The molecule has 15 nitrogen and oxygen atoms in total. The number of fused-ring (bicyclic) bond motifs is 5. The number of nitrogens with zero attached hydrogens (tertiary/aromatic N) is 1. The highest BCUT2D eigenvalue weighted by atomic mass is 35.5. The molecule has 1 unspecified atom stereocenters. The molecule has 4 aromatic carbocycles. The van der Waals surface area contributed by atoms with Gasteiger partial charge in [0.25, 0.3) is 0 Å². The van der Waals surface area contributed by atoms with Crippen molar-refractivity contribution in [1.82, 2.24) is 20.3 Å². The SMILES string of the molecule is CCCCC[C@H](CC(=O)c1ccc(-c2ccc(Cl)cc2)cc1)C(=O)N(C)[C@@H]1C(=O)C[C@@H](C)C(=O)N[C@H](C(=O)N[C@@H](C)C(O)CNS(C)(=O)=O)Cc2ccc(C)c(c2)-c2cc1ccc2OC(=O)OC(C)(C)C. The molecule has 0 saturated heterocycles. The predicted octanol–water partition coefficient (Wildman–Crippen LogP) is 8.32. The third kappa shape index (κ3) is 16.0. The lowest BCUT2D eigenvalue weighted by Gasteiger charge is -2.32. The Hall–Kier alpha value is -5.94. The molecule has 0 saturated carbocycles. The number of sulfonamides is 1. The van der Waals surface area contributed by atoms with Crippen molar-refractivity contribution in [2.24, 2.45) is 11.8 Å². The van der Waals surface area contributed by atoms with E-state index in [1.807, 2.05) is 38.1 Å². The van der Waals surface area contributed by atoms with Crippen molar-refractivity contribution in [2.45, 2.75) is 123 Å². The van der Waals surface area contributed by atoms with Gasteiger partial charge in [0, 0.05) is 60.8 Å². The Balaban J connectivity index is 1.56. The van der Waals surface area contributed by atoms with Gasteiger partial charge in [-0.1, -0.05) is 105 Å². The number of rotatable bonds is 17. The fourth-order valence-corrected chi connectivity index (χ4v) is 8.99. The molecule has 0 fully saturated rings. The van der Waals surface area contributed by atoms with E-state index >= 15 is 0 Å². The summed E-state index contributed by atoms with van der Waals surface area (Å²) in [6.07, 6.45) is 0.790. The number of carbonyl (C=O) groups excluding carboxylic acids is 6. The normalized spacial score (nSPS) is 17.7. The number of aliphatic hydroxyl groups excluding tert-OH is 1. The number of ketones is 2. The van der Waals surface area contributed by atoms with Crippen LogP contribution in [0.25, 0.3) is 22.3 Å². The molecule has 1 aliphatic rings. The maximum Gasteiger partial charge on any atom is 0.514 e. The summed E-state index contributed by atoms with van der Waals surface area (Å²) in [5.74, 6) is -4.26. The smallest absolute Gasteiger partial charge is 0.428 e. The van der Waals surface area contributed by atoms with Crippen LogP contribution in [0.1, 0.15) is 113 Å². The number of hydrogen-bond donors (Lipinski definition) is 4. The molecule has 4 N–H and O–H groups in total. The lowest BCUT2D eigenvalue weighted by molar-refractivity contribution is -0.142. The zero-order chi connectivity index (χ0) is 52.4. The van der Waals surface area contributed by atoms with Gasteiger partial charge >= 0.3 is 6.16 Å². The number of amides is 3. The predicted molar refractivity (Wildman–Crippen MR) is 273 cm³/mol. The second-order valence-electron chi connectivity index (χ2n) is 19.5. The summed E-state index contributed by atoms with van der Waals surface area (Å²) in [6, 6.07) is 21.1. The molecule has 0 aliphatic carbocycles. The molecule has 3 amide bonds. The van der Waals surface area contributed by atoms with E-state index in [9.17, 15) is 42.3 Å². The van der Waals surface area contributed by atoms with Crippen molar-refractivity contribution in [3.63, 3.8) is 0 Å². The average molecular weight is 1020 g/mol. The first-order valence-corrected chi connectivity index (χ1v) is 26.2. The van der Waals surface area contributed by atoms with Crippen LogP contribution < -0.4 is 20.1 Å². The number of ether oxygens (including phenoxy) is 2. The fourth-order valence-electron chi connectivity index (χ4n) is 8.39. The Morgan fingerprint density at radius 3 is 2.18 bits per heavy atom.